The number of aliphatic carboxylic acids is 1. The Kier molecular flexibility index (Phi) is 5.79. The molecule has 19 heavy (non-hydrogen) atoms. The van der Waals surface area contributed by atoms with Crippen molar-refractivity contribution in [3.05, 3.63) is 34.3 Å². The third-order valence-electron chi connectivity index (χ3n) is 2.60. The van der Waals surface area contributed by atoms with Gasteiger partial charge in [0.05, 0.1) is 17.2 Å². The minimum absolute atomic E-state index is 0.200. The monoisotopic (exact) mass is 285 g/mol. The molecule has 104 valence electrons. The average molecular weight is 286 g/mol. The SMILES string of the molecule is COCCN(CC(=O)O)C(=O)c1cccc(C)c1Cl. The van der Waals surface area contributed by atoms with Gasteiger partial charge >= 0.3 is 5.97 Å². The standard InChI is InChI=1S/C13H16ClNO4/c1-9-4-3-5-10(12(9)14)13(18)15(6-7-19-2)8-11(16)17/h3-5H,6-8H2,1-2H3,(H,16,17). The van der Waals surface area contributed by atoms with Crippen molar-refractivity contribution in [2.45, 2.75) is 6.92 Å². The van der Waals surface area contributed by atoms with E-state index in [1.165, 1.54) is 12.0 Å². The van der Waals surface area contributed by atoms with Gasteiger partial charge < -0.3 is 14.7 Å². The molecule has 1 N–H and O–H groups in total. The Balaban J connectivity index is 2.97. The molecule has 1 rings (SSSR count). The van der Waals surface area contributed by atoms with Gasteiger partial charge in [-0.3, -0.25) is 9.59 Å². The summed E-state index contributed by atoms with van der Waals surface area (Å²) < 4.78 is 4.87. The molecule has 0 atom stereocenters. The fourth-order valence-electron chi connectivity index (χ4n) is 1.60. The predicted molar refractivity (Wildman–Crippen MR) is 71.6 cm³/mol. The summed E-state index contributed by atoms with van der Waals surface area (Å²) in [6.07, 6.45) is 0. The number of carboxylic acids is 1. The molecule has 0 aliphatic rings. The summed E-state index contributed by atoms with van der Waals surface area (Å²) in [4.78, 5) is 24.3. The van der Waals surface area contributed by atoms with Crippen molar-refractivity contribution in [1.82, 2.24) is 4.90 Å². The lowest BCUT2D eigenvalue weighted by Crippen LogP contribution is -2.38. The van der Waals surface area contributed by atoms with Crippen LogP contribution in [0.3, 0.4) is 0 Å². The number of halogens is 1. The molecule has 1 aromatic rings. The molecule has 1 aromatic carbocycles. The molecule has 0 aliphatic heterocycles. The van der Waals surface area contributed by atoms with Gasteiger partial charge in [0.25, 0.3) is 5.91 Å². The van der Waals surface area contributed by atoms with Crippen LogP contribution in [0.2, 0.25) is 5.02 Å². The molecular weight excluding hydrogens is 270 g/mol. The van der Waals surface area contributed by atoms with Crippen LogP contribution in [0.5, 0.6) is 0 Å². The largest absolute Gasteiger partial charge is 0.480 e. The van der Waals surface area contributed by atoms with Gasteiger partial charge in [0.2, 0.25) is 0 Å². The third kappa shape index (κ3) is 4.22. The fraction of sp³-hybridized carbons (Fsp3) is 0.385. The minimum Gasteiger partial charge on any atom is -0.480 e. The van der Waals surface area contributed by atoms with Crippen LogP contribution in [-0.2, 0) is 9.53 Å². The van der Waals surface area contributed by atoms with E-state index in [1.54, 1.807) is 25.1 Å². The predicted octanol–water partition coefficient (Wildman–Crippen LogP) is 1.82. The number of aryl methyl sites for hydroxylation is 1. The molecule has 0 spiro atoms. The molecule has 0 bridgehead atoms. The number of carboxylic acid groups (broad SMARTS) is 1. The second kappa shape index (κ2) is 7.11. The Morgan fingerprint density at radius 3 is 2.68 bits per heavy atom. The van der Waals surface area contributed by atoms with Crippen LogP contribution in [0.1, 0.15) is 15.9 Å². The summed E-state index contributed by atoms with van der Waals surface area (Å²) >= 11 is 6.08. The van der Waals surface area contributed by atoms with Crippen LogP contribution < -0.4 is 0 Å². The van der Waals surface area contributed by atoms with Gasteiger partial charge in [0, 0.05) is 13.7 Å². The lowest BCUT2D eigenvalue weighted by atomic mass is 10.1. The van der Waals surface area contributed by atoms with Crippen molar-refractivity contribution in [2.24, 2.45) is 0 Å². The van der Waals surface area contributed by atoms with Gasteiger partial charge in [-0.25, -0.2) is 0 Å². The summed E-state index contributed by atoms with van der Waals surface area (Å²) in [5, 5.41) is 9.18. The highest BCUT2D eigenvalue weighted by atomic mass is 35.5. The number of rotatable bonds is 6. The van der Waals surface area contributed by atoms with E-state index in [1.807, 2.05) is 0 Å². The van der Waals surface area contributed by atoms with Crippen molar-refractivity contribution in [2.75, 3.05) is 26.8 Å². The van der Waals surface area contributed by atoms with E-state index >= 15 is 0 Å². The van der Waals surface area contributed by atoms with Crippen LogP contribution in [0.4, 0.5) is 0 Å². The number of nitrogens with zero attached hydrogens (tertiary/aromatic N) is 1. The summed E-state index contributed by atoms with van der Waals surface area (Å²) in [5.41, 5.74) is 1.08. The lowest BCUT2D eigenvalue weighted by molar-refractivity contribution is -0.137. The van der Waals surface area contributed by atoms with Crippen molar-refractivity contribution >= 4 is 23.5 Å². The van der Waals surface area contributed by atoms with Crippen LogP contribution in [0, 0.1) is 6.92 Å². The van der Waals surface area contributed by atoms with Gasteiger partial charge in [-0.2, -0.15) is 0 Å². The molecule has 0 aliphatic carbocycles. The number of carbonyl (C=O) groups excluding carboxylic acids is 1. The Labute approximate surface area is 116 Å². The molecule has 0 heterocycles. The van der Waals surface area contributed by atoms with Gasteiger partial charge in [-0.1, -0.05) is 23.7 Å². The van der Waals surface area contributed by atoms with E-state index in [-0.39, 0.29) is 19.7 Å². The summed E-state index contributed by atoms with van der Waals surface area (Å²) in [6.45, 7) is 1.87. The maximum atomic E-state index is 12.3. The molecule has 5 nitrogen and oxygen atoms in total. The van der Waals surface area contributed by atoms with E-state index in [0.717, 1.165) is 5.56 Å². The molecule has 0 unspecified atom stereocenters. The Bertz CT molecular complexity index is 476. The summed E-state index contributed by atoms with van der Waals surface area (Å²) in [5.74, 6) is -1.48. The number of carbonyl (C=O) groups is 2. The zero-order chi connectivity index (χ0) is 14.4. The van der Waals surface area contributed by atoms with Crippen LogP contribution in [0.25, 0.3) is 0 Å². The number of hydrogen-bond donors (Lipinski definition) is 1. The highest BCUT2D eigenvalue weighted by molar-refractivity contribution is 6.34. The van der Waals surface area contributed by atoms with E-state index in [4.69, 9.17) is 21.4 Å². The number of methoxy groups -OCH3 is 1. The van der Waals surface area contributed by atoms with Crippen molar-refractivity contribution in [1.29, 1.82) is 0 Å². The van der Waals surface area contributed by atoms with Gasteiger partial charge in [-0.15, -0.1) is 0 Å². The molecule has 0 fully saturated rings. The lowest BCUT2D eigenvalue weighted by Gasteiger charge is -2.21. The molecule has 0 aromatic heterocycles. The number of hydrogen-bond acceptors (Lipinski definition) is 3. The maximum Gasteiger partial charge on any atom is 0.323 e. The van der Waals surface area contributed by atoms with E-state index in [0.29, 0.717) is 10.6 Å². The summed E-state index contributed by atoms with van der Waals surface area (Å²) in [7, 11) is 1.49. The number of benzene rings is 1. The normalized spacial score (nSPS) is 10.3. The Morgan fingerprint density at radius 2 is 2.11 bits per heavy atom. The molecule has 0 saturated heterocycles. The molecule has 1 amide bonds. The van der Waals surface area contributed by atoms with Crippen molar-refractivity contribution in [3.8, 4) is 0 Å². The topological polar surface area (TPSA) is 66.8 Å². The van der Waals surface area contributed by atoms with Gasteiger partial charge in [0.1, 0.15) is 6.54 Å². The van der Waals surface area contributed by atoms with E-state index in [2.05, 4.69) is 0 Å². The zero-order valence-corrected chi connectivity index (χ0v) is 11.6. The van der Waals surface area contributed by atoms with Crippen molar-refractivity contribution < 1.29 is 19.4 Å². The molecule has 6 heteroatoms. The zero-order valence-electron chi connectivity index (χ0n) is 10.9. The second-order valence-corrected chi connectivity index (χ2v) is 4.43. The first kappa shape index (κ1) is 15.5. The Hall–Kier alpha value is -1.59. The van der Waals surface area contributed by atoms with Crippen LogP contribution >= 0.6 is 11.6 Å². The molecule has 0 radical (unpaired) electrons. The molecule has 0 saturated carbocycles. The summed E-state index contributed by atoms with van der Waals surface area (Å²) in [6, 6.07) is 5.08. The minimum atomic E-state index is -1.08. The quantitative estimate of drug-likeness (QED) is 0.866. The van der Waals surface area contributed by atoms with Crippen LogP contribution in [-0.4, -0.2) is 48.7 Å². The highest BCUT2D eigenvalue weighted by Crippen LogP contribution is 2.21. The first-order valence-electron chi connectivity index (χ1n) is 5.72. The maximum absolute atomic E-state index is 12.3. The Morgan fingerprint density at radius 1 is 1.42 bits per heavy atom. The highest BCUT2D eigenvalue weighted by Gasteiger charge is 2.20. The first-order valence-corrected chi connectivity index (χ1v) is 6.10. The average Bonchev–Trinajstić information content (AvgIpc) is 2.36. The van der Waals surface area contributed by atoms with Gasteiger partial charge in [0.15, 0.2) is 0 Å². The van der Waals surface area contributed by atoms with E-state index in [9.17, 15) is 9.59 Å². The second-order valence-electron chi connectivity index (χ2n) is 4.05. The van der Waals surface area contributed by atoms with Gasteiger partial charge in [-0.05, 0) is 18.6 Å². The first-order chi connectivity index (χ1) is 8.97. The molecular formula is C13H16ClNO4. The third-order valence-corrected chi connectivity index (χ3v) is 3.10. The number of amides is 1. The van der Waals surface area contributed by atoms with Crippen LogP contribution in [0.15, 0.2) is 18.2 Å². The fourth-order valence-corrected chi connectivity index (χ4v) is 1.81. The van der Waals surface area contributed by atoms with Crippen molar-refractivity contribution in [3.63, 3.8) is 0 Å². The van der Waals surface area contributed by atoms with E-state index < -0.39 is 11.9 Å². The number of ether oxygens (including phenoxy) is 1. The smallest absolute Gasteiger partial charge is 0.323 e.